The zero-order valence-corrected chi connectivity index (χ0v) is 12.9. The summed E-state index contributed by atoms with van der Waals surface area (Å²) < 4.78 is 1.92. The highest BCUT2D eigenvalue weighted by Gasteiger charge is 2.06. The Balaban J connectivity index is 1.51. The Labute approximate surface area is 138 Å². The predicted molar refractivity (Wildman–Crippen MR) is 90.9 cm³/mol. The summed E-state index contributed by atoms with van der Waals surface area (Å²) in [6.45, 7) is 0.752. The fourth-order valence-electron chi connectivity index (χ4n) is 2.48. The van der Waals surface area contributed by atoms with Crippen molar-refractivity contribution in [3.05, 3.63) is 67.1 Å². The molecule has 0 radical (unpaired) electrons. The monoisotopic (exact) mass is 317 g/mol. The Morgan fingerprint density at radius 2 is 1.79 bits per heavy atom. The summed E-state index contributed by atoms with van der Waals surface area (Å²) in [6.07, 6.45) is 11.4. The molecule has 4 rings (SSSR count). The largest absolute Gasteiger partial charge is 0.354 e. The molecule has 0 spiro atoms. The van der Waals surface area contributed by atoms with Crippen LogP contribution in [0.5, 0.6) is 0 Å². The van der Waals surface area contributed by atoms with Gasteiger partial charge >= 0.3 is 0 Å². The van der Waals surface area contributed by atoms with Crippen LogP contribution in [0.3, 0.4) is 0 Å². The lowest BCUT2D eigenvalue weighted by Gasteiger charge is -2.07. The van der Waals surface area contributed by atoms with E-state index in [1.807, 2.05) is 28.8 Å². The van der Waals surface area contributed by atoms with Gasteiger partial charge in [0.15, 0.2) is 0 Å². The molecule has 0 saturated heterocycles. The van der Waals surface area contributed by atoms with Crippen molar-refractivity contribution in [3.8, 4) is 5.82 Å². The third-order valence-electron chi connectivity index (χ3n) is 3.68. The molecule has 0 aliphatic heterocycles. The van der Waals surface area contributed by atoms with Crippen molar-refractivity contribution >= 4 is 17.0 Å². The van der Waals surface area contributed by atoms with E-state index in [0.29, 0.717) is 5.95 Å². The molecule has 24 heavy (non-hydrogen) atoms. The van der Waals surface area contributed by atoms with Gasteiger partial charge in [0, 0.05) is 31.3 Å². The Kier molecular flexibility index (Phi) is 3.81. The summed E-state index contributed by atoms with van der Waals surface area (Å²) in [4.78, 5) is 21.3. The molecule has 0 fully saturated rings. The van der Waals surface area contributed by atoms with E-state index >= 15 is 0 Å². The lowest BCUT2D eigenvalue weighted by atomic mass is 10.2. The van der Waals surface area contributed by atoms with E-state index in [0.717, 1.165) is 29.8 Å². The molecule has 0 saturated carbocycles. The van der Waals surface area contributed by atoms with Crippen molar-refractivity contribution < 1.29 is 0 Å². The van der Waals surface area contributed by atoms with Crippen molar-refractivity contribution in [2.45, 2.75) is 6.42 Å². The quantitative estimate of drug-likeness (QED) is 0.608. The second-order valence-corrected chi connectivity index (χ2v) is 5.25. The number of hydrogen-bond acceptors (Lipinski definition) is 6. The average molecular weight is 317 g/mol. The number of hydrogen-bond donors (Lipinski definition) is 1. The van der Waals surface area contributed by atoms with Gasteiger partial charge in [0.25, 0.3) is 0 Å². The molecule has 0 amide bonds. The first-order valence-corrected chi connectivity index (χ1v) is 7.63. The van der Waals surface area contributed by atoms with Crippen LogP contribution in [-0.2, 0) is 6.42 Å². The van der Waals surface area contributed by atoms with Gasteiger partial charge in [-0.3, -0.25) is 14.5 Å². The fourth-order valence-corrected chi connectivity index (χ4v) is 2.48. The van der Waals surface area contributed by atoms with Gasteiger partial charge in [-0.2, -0.15) is 4.98 Å². The number of fused-ring (bicyclic) bond motifs is 1. The zero-order valence-electron chi connectivity index (χ0n) is 12.9. The summed E-state index contributed by atoms with van der Waals surface area (Å²) in [5, 5.41) is 3.25. The minimum absolute atomic E-state index is 0.595. The molecule has 0 unspecified atom stereocenters. The smallest absolute Gasteiger partial charge is 0.224 e. The van der Waals surface area contributed by atoms with Crippen LogP contribution in [0.2, 0.25) is 0 Å². The van der Waals surface area contributed by atoms with Crippen LogP contribution in [0.25, 0.3) is 16.9 Å². The molecule has 118 valence electrons. The molecule has 4 heterocycles. The summed E-state index contributed by atoms with van der Waals surface area (Å²) >= 11 is 0. The van der Waals surface area contributed by atoms with Crippen molar-refractivity contribution in [1.82, 2.24) is 29.5 Å². The zero-order chi connectivity index (χ0) is 16.2. The fraction of sp³-hybridized carbons (Fsp3) is 0.118. The van der Waals surface area contributed by atoms with Gasteiger partial charge in [0.05, 0.1) is 11.7 Å². The number of imidazole rings is 1. The standard InChI is InChI=1S/C17H15N7/c1-6-18-7-2-13(1)3-9-20-17-21-10-5-16(23-17)24-12-22-14-11-19-8-4-15(14)24/h1-2,4-8,10-12H,3,9H2,(H,20,21,23). The molecular formula is C17H15N7. The van der Waals surface area contributed by atoms with Crippen LogP contribution in [-0.4, -0.2) is 36.0 Å². The van der Waals surface area contributed by atoms with Crippen LogP contribution in [0.15, 0.2) is 61.6 Å². The number of nitrogens with one attached hydrogen (secondary N) is 1. The van der Waals surface area contributed by atoms with Crippen LogP contribution >= 0.6 is 0 Å². The van der Waals surface area contributed by atoms with Crippen molar-refractivity contribution in [1.29, 1.82) is 0 Å². The Bertz CT molecular complexity index is 949. The summed E-state index contributed by atoms with van der Waals surface area (Å²) in [5.74, 6) is 1.36. The van der Waals surface area contributed by atoms with Crippen molar-refractivity contribution in [2.75, 3.05) is 11.9 Å². The first kappa shape index (κ1) is 14.3. The second kappa shape index (κ2) is 6.41. The topological polar surface area (TPSA) is 81.4 Å². The molecule has 7 heteroatoms. The minimum atomic E-state index is 0.595. The normalized spacial score (nSPS) is 10.8. The highest BCUT2D eigenvalue weighted by atomic mass is 15.2. The van der Waals surface area contributed by atoms with Crippen LogP contribution in [0.1, 0.15) is 5.56 Å². The predicted octanol–water partition coefficient (Wildman–Crippen LogP) is 2.26. The van der Waals surface area contributed by atoms with E-state index < -0.39 is 0 Å². The van der Waals surface area contributed by atoms with E-state index in [4.69, 9.17) is 0 Å². The van der Waals surface area contributed by atoms with Gasteiger partial charge in [-0.15, -0.1) is 0 Å². The molecule has 0 atom stereocenters. The number of pyridine rings is 2. The Morgan fingerprint density at radius 1 is 0.917 bits per heavy atom. The number of nitrogens with zero attached hydrogens (tertiary/aromatic N) is 6. The first-order chi connectivity index (χ1) is 11.9. The van der Waals surface area contributed by atoms with Crippen molar-refractivity contribution in [2.24, 2.45) is 0 Å². The third-order valence-corrected chi connectivity index (χ3v) is 3.68. The Hall–Kier alpha value is -3.35. The SMILES string of the molecule is c1cc(CCNc2nccc(-n3cnc4cnccc43)n2)ccn1. The van der Waals surface area contributed by atoms with Crippen LogP contribution < -0.4 is 5.32 Å². The van der Waals surface area contributed by atoms with Gasteiger partial charge in [-0.05, 0) is 36.2 Å². The molecule has 0 aromatic carbocycles. The lowest BCUT2D eigenvalue weighted by molar-refractivity contribution is 0.951. The van der Waals surface area contributed by atoms with E-state index in [9.17, 15) is 0 Å². The maximum absolute atomic E-state index is 4.56. The van der Waals surface area contributed by atoms with Crippen LogP contribution in [0.4, 0.5) is 5.95 Å². The lowest BCUT2D eigenvalue weighted by Crippen LogP contribution is -2.09. The van der Waals surface area contributed by atoms with E-state index in [-0.39, 0.29) is 0 Å². The van der Waals surface area contributed by atoms with Crippen molar-refractivity contribution in [3.63, 3.8) is 0 Å². The second-order valence-electron chi connectivity index (χ2n) is 5.25. The Morgan fingerprint density at radius 3 is 2.71 bits per heavy atom. The highest BCUT2D eigenvalue weighted by Crippen LogP contribution is 2.15. The van der Waals surface area contributed by atoms with Gasteiger partial charge in [0.2, 0.25) is 5.95 Å². The van der Waals surface area contributed by atoms with Gasteiger partial charge in [-0.25, -0.2) is 9.97 Å². The summed E-state index contributed by atoms with van der Waals surface area (Å²) in [6, 6.07) is 7.78. The van der Waals surface area contributed by atoms with Gasteiger partial charge < -0.3 is 5.32 Å². The van der Waals surface area contributed by atoms with E-state index in [2.05, 4.69) is 30.2 Å². The average Bonchev–Trinajstić information content (AvgIpc) is 3.07. The third kappa shape index (κ3) is 2.91. The maximum atomic E-state index is 4.56. The molecule has 0 aliphatic rings. The summed E-state index contributed by atoms with van der Waals surface area (Å²) in [5.41, 5.74) is 3.02. The first-order valence-electron chi connectivity index (χ1n) is 7.63. The van der Waals surface area contributed by atoms with Gasteiger partial charge in [0.1, 0.15) is 17.7 Å². The van der Waals surface area contributed by atoms with E-state index in [1.54, 1.807) is 37.3 Å². The molecule has 0 aliphatic carbocycles. The molecular weight excluding hydrogens is 302 g/mol. The number of rotatable bonds is 5. The van der Waals surface area contributed by atoms with Crippen LogP contribution in [0, 0.1) is 0 Å². The maximum Gasteiger partial charge on any atom is 0.224 e. The number of aromatic nitrogens is 6. The highest BCUT2D eigenvalue weighted by molar-refractivity contribution is 5.75. The summed E-state index contributed by atoms with van der Waals surface area (Å²) in [7, 11) is 0. The molecule has 7 nitrogen and oxygen atoms in total. The van der Waals surface area contributed by atoms with E-state index in [1.165, 1.54) is 5.56 Å². The van der Waals surface area contributed by atoms with Gasteiger partial charge in [-0.1, -0.05) is 0 Å². The molecule has 0 bridgehead atoms. The minimum Gasteiger partial charge on any atom is -0.354 e. The molecule has 4 aromatic heterocycles. The number of anilines is 1. The molecule has 4 aromatic rings. The molecule has 1 N–H and O–H groups in total.